The molecule has 92 valence electrons. The summed E-state index contributed by atoms with van der Waals surface area (Å²) in [5.41, 5.74) is 5.81. The van der Waals surface area contributed by atoms with Gasteiger partial charge in [0.15, 0.2) is 0 Å². The Kier molecular flexibility index (Phi) is 8.04. The van der Waals surface area contributed by atoms with Gasteiger partial charge in [-0.3, -0.25) is 4.79 Å². The number of thioether (sulfide) groups is 1. The smallest absolute Gasteiger partial charge is 0.239 e. The highest BCUT2D eigenvalue weighted by Gasteiger charge is 2.20. The van der Waals surface area contributed by atoms with Crippen molar-refractivity contribution in [2.24, 2.45) is 11.7 Å². The van der Waals surface area contributed by atoms with Gasteiger partial charge in [0.25, 0.3) is 0 Å². The number of nitriles is 1. The molecule has 16 heavy (non-hydrogen) atoms. The number of amides is 1. The van der Waals surface area contributed by atoms with Crippen LogP contribution in [0, 0.1) is 17.2 Å². The van der Waals surface area contributed by atoms with Crippen LogP contribution in [0.5, 0.6) is 0 Å². The summed E-state index contributed by atoms with van der Waals surface area (Å²) in [4.78, 5) is 13.6. The minimum Gasteiger partial charge on any atom is -0.340 e. The van der Waals surface area contributed by atoms with Gasteiger partial charge in [-0.15, -0.1) is 0 Å². The number of nitrogens with zero attached hydrogens (tertiary/aromatic N) is 2. The highest BCUT2D eigenvalue weighted by Crippen LogP contribution is 2.05. The molecule has 0 aromatic rings. The third-order valence-corrected chi connectivity index (χ3v) is 3.00. The van der Waals surface area contributed by atoms with Crippen LogP contribution < -0.4 is 5.73 Å². The van der Waals surface area contributed by atoms with E-state index < -0.39 is 6.04 Å². The molecule has 0 saturated carbocycles. The number of rotatable bonds is 7. The number of likely N-dealkylation sites (N-methyl/N-ethyl adjacent to an activating group) is 1. The van der Waals surface area contributed by atoms with Crippen molar-refractivity contribution in [3.8, 4) is 6.07 Å². The Labute approximate surface area is 102 Å². The van der Waals surface area contributed by atoms with Gasteiger partial charge < -0.3 is 10.6 Å². The quantitative estimate of drug-likeness (QED) is 0.726. The van der Waals surface area contributed by atoms with E-state index in [2.05, 4.69) is 6.07 Å². The van der Waals surface area contributed by atoms with Gasteiger partial charge in [0.2, 0.25) is 5.91 Å². The van der Waals surface area contributed by atoms with E-state index in [-0.39, 0.29) is 11.8 Å². The Morgan fingerprint density at radius 2 is 2.25 bits per heavy atom. The Bertz CT molecular complexity index is 252. The second-order valence-electron chi connectivity index (χ2n) is 3.79. The third kappa shape index (κ3) is 5.38. The van der Waals surface area contributed by atoms with Crippen LogP contribution in [-0.2, 0) is 4.79 Å². The summed E-state index contributed by atoms with van der Waals surface area (Å²) in [7, 11) is 0. The molecule has 2 atom stereocenters. The van der Waals surface area contributed by atoms with Crippen molar-refractivity contribution in [1.82, 2.24) is 4.90 Å². The summed E-state index contributed by atoms with van der Waals surface area (Å²) in [6, 6.07) is 1.70. The Morgan fingerprint density at radius 3 is 2.69 bits per heavy atom. The normalized spacial score (nSPS) is 13.9. The summed E-state index contributed by atoms with van der Waals surface area (Å²) in [6.45, 7) is 4.79. The van der Waals surface area contributed by atoms with Crippen LogP contribution in [0.3, 0.4) is 0 Å². The van der Waals surface area contributed by atoms with Crippen LogP contribution >= 0.6 is 11.8 Å². The lowest BCUT2D eigenvalue weighted by Gasteiger charge is -2.25. The molecule has 0 radical (unpaired) electrons. The van der Waals surface area contributed by atoms with Crippen molar-refractivity contribution in [1.29, 1.82) is 5.26 Å². The van der Waals surface area contributed by atoms with E-state index in [4.69, 9.17) is 11.0 Å². The van der Waals surface area contributed by atoms with Crippen molar-refractivity contribution in [3.05, 3.63) is 0 Å². The van der Waals surface area contributed by atoms with Gasteiger partial charge >= 0.3 is 0 Å². The molecule has 0 rings (SSSR count). The highest BCUT2D eigenvalue weighted by atomic mass is 32.2. The molecular formula is C11H21N3OS. The molecule has 0 saturated heterocycles. The van der Waals surface area contributed by atoms with Crippen molar-refractivity contribution in [2.75, 3.05) is 25.1 Å². The number of nitrogens with two attached hydrogens (primary N) is 1. The van der Waals surface area contributed by atoms with Crippen LogP contribution in [0.1, 0.15) is 20.3 Å². The fourth-order valence-corrected chi connectivity index (χ4v) is 1.84. The van der Waals surface area contributed by atoms with Crippen molar-refractivity contribution < 1.29 is 4.79 Å². The van der Waals surface area contributed by atoms with Gasteiger partial charge in [-0.2, -0.15) is 17.0 Å². The zero-order chi connectivity index (χ0) is 12.6. The minimum absolute atomic E-state index is 0.0429. The summed E-state index contributed by atoms with van der Waals surface area (Å²) in [6.07, 6.45) is 2.68. The Hall–Kier alpha value is -0.730. The molecule has 1 amide bonds. The molecule has 2 N–H and O–H groups in total. The summed E-state index contributed by atoms with van der Waals surface area (Å²) in [5.74, 6) is 0.702. The van der Waals surface area contributed by atoms with Crippen molar-refractivity contribution >= 4 is 17.7 Å². The van der Waals surface area contributed by atoms with E-state index in [1.807, 2.05) is 20.1 Å². The predicted octanol–water partition coefficient (Wildman–Crippen LogP) is 1.07. The first-order valence-electron chi connectivity index (χ1n) is 5.49. The molecule has 4 nitrogen and oxygen atoms in total. The maximum absolute atomic E-state index is 11.9. The number of carbonyl (C=O) groups excluding carboxylic acids is 1. The average molecular weight is 243 g/mol. The molecule has 0 aliphatic heterocycles. The van der Waals surface area contributed by atoms with Gasteiger partial charge in [0.1, 0.15) is 0 Å². The molecule has 0 aromatic heterocycles. The minimum atomic E-state index is -0.432. The SMILES string of the molecule is CCN(CC(C)C#N)C(=O)[C@@H](N)CCSC. The lowest BCUT2D eigenvalue weighted by Crippen LogP contribution is -2.45. The molecule has 0 aromatic carbocycles. The lowest BCUT2D eigenvalue weighted by atomic mass is 10.1. The lowest BCUT2D eigenvalue weighted by molar-refractivity contribution is -0.132. The highest BCUT2D eigenvalue weighted by molar-refractivity contribution is 7.98. The van der Waals surface area contributed by atoms with Gasteiger partial charge in [-0.1, -0.05) is 0 Å². The van der Waals surface area contributed by atoms with Gasteiger partial charge in [0, 0.05) is 13.1 Å². The van der Waals surface area contributed by atoms with E-state index in [0.29, 0.717) is 19.5 Å². The predicted molar refractivity (Wildman–Crippen MR) is 68.0 cm³/mol. The summed E-state index contributed by atoms with van der Waals surface area (Å²) < 4.78 is 0. The van der Waals surface area contributed by atoms with Gasteiger partial charge in [-0.05, 0) is 32.3 Å². The maximum Gasteiger partial charge on any atom is 0.239 e. The fraction of sp³-hybridized carbons (Fsp3) is 0.818. The average Bonchev–Trinajstić information content (AvgIpc) is 2.31. The summed E-state index contributed by atoms with van der Waals surface area (Å²) >= 11 is 1.68. The first-order valence-corrected chi connectivity index (χ1v) is 6.89. The third-order valence-electron chi connectivity index (χ3n) is 2.36. The molecule has 5 heteroatoms. The van der Waals surface area contributed by atoms with E-state index in [1.165, 1.54) is 0 Å². The molecular weight excluding hydrogens is 222 g/mol. The van der Waals surface area contributed by atoms with E-state index in [0.717, 1.165) is 5.75 Å². The Balaban J connectivity index is 4.24. The second kappa shape index (κ2) is 8.43. The van der Waals surface area contributed by atoms with Crippen LogP contribution in [0.2, 0.25) is 0 Å². The Morgan fingerprint density at radius 1 is 1.62 bits per heavy atom. The first kappa shape index (κ1) is 15.3. The van der Waals surface area contributed by atoms with E-state index in [9.17, 15) is 4.79 Å². The largest absolute Gasteiger partial charge is 0.340 e. The van der Waals surface area contributed by atoms with Gasteiger partial charge in [0.05, 0.1) is 18.0 Å². The number of hydrogen-bond donors (Lipinski definition) is 1. The molecule has 0 aliphatic carbocycles. The van der Waals surface area contributed by atoms with E-state index >= 15 is 0 Å². The monoisotopic (exact) mass is 243 g/mol. The molecule has 0 spiro atoms. The standard InChI is InChI=1S/C11H21N3OS/c1-4-14(8-9(2)7-12)11(15)10(13)5-6-16-3/h9-10H,4-6,8,13H2,1-3H3/t9?,10-/m0/s1. The maximum atomic E-state index is 11.9. The second-order valence-corrected chi connectivity index (χ2v) is 4.78. The van der Waals surface area contributed by atoms with Crippen molar-refractivity contribution in [2.45, 2.75) is 26.3 Å². The molecule has 1 unspecified atom stereocenters. The van der Waals surface area contributed by atoms with E-state index in [1.54, 1.807) is 16.7 Å². The van der Waals surface area contributed by atoms with Crippen LogP contribution in [0.15, 0.2) is 0 Å². The summed E-state index contributed by atoms with van der Waals surface area (Å²) in [5, 5.41) is 8.72. The number of hydrogen-bond acceptors (Lipinski definition) is 4. The van der Waals surface area contributed by atoms with Crippen molar-refractivity contribution in [3.63, 3.8) is 0 Å². The van der Waals surface area contributed by atoms with Crippen LogP contribution in [0.4, 0.5) is 0 Å². The fourth-order valence-electron chi connectivity index (χ4n) is 1.35. The molecule has 0 aliphatic rings. The molecule has 0 fully saturated rings. The molecule has 0 heterocycles. The number of carbonyl (C=O) groups is 1. The van der Waals surface area contributed by atoms with Crippen LogP contribution in [0.25, 0.3) is 0 Å². The van der Waals surface area contributed by atoms with Crippen LogP contribution in [-0.4, -0.2) is 41.9 Å². The van der Waals surface area contributed by atoms with Gasteiger partial charge in [-0.25, -0.2) is 0 Å². The zero-order valence-electron chi connectivity index (χ0n) is 10.3. The zero-order valence-corrected chi connectivity index (χ0v) is 11.1. The molecule has 0 bridgehead atoms. The topological polar surface area (TPSA) is 70.1 Å². The first-order chi connectivity index (χ1) is 7.56.